The highest BCUT2D eigenvalue weighted by Gasteiger charge is 2.26. The number of benzene rings is 1. The van der Waals surface area contributed by atoms with Crippen molar-refractivity contribution in [3.8, 4) is 0 Å². The molecule has 2 aliphatic heterocycles. The summed E-state index contributed by atoms with van der Waals surface area (Å²) in [4.78, 5) is 29.1. The fourth-order valence-electron chi connectivity index (χ4n) is 4.50. The van der Waals surface area contributed by atoms with Crippen molar-refractivity contribution in [3.05, 3.63) is 59.5 Å². The molecular formula is C24H32N4O3. The van der Waals surface area contributed by atoms with Crippen LogP contribution in [0, 0.1) is 0 Å². The second-order valence-electron chi connectivity index (χ2n) is 8.35. The first-order valence-corrected chi connectivity index (χ1v) is 11.3. The second-order valence-corrected chi connectivity index (χ2v) is 8.35. The summed E-state index contributed by atoms with van der Waals surface area (Å²) in [6.07, 6.45) is 6.04. The molecule has 0 radical (unpaired) electrons. The maximum Gasteiger partial charge on any atom is 0.314 e. The van der Waals surface area contributed by atoms with Gasteiger partial charge in [-0.1, -0.05) is 24.3 Å². The number of amides is 3. The molecule has 4 rings (SSSR count). The van der Waals surface area contributed by atoms with Gasteiger partial charge in [0.2, 0.25) is 5.91 Å². The molecule has 1 aromatic carbocycles. The topological polar surface area (TPSA) is 77.8 Å². The summed E-state index contributed by atoms with van der Waals surface area (Å²) in [6.45, 7) is 4.50. The van der Waals surface area contributed by atoms with Gasteiger partial charge in [-0.05, 0) is 62.0 Å². The Morgan fingerprint density at radius 1 is 1.00 bits per heavy atom. The lowest BCUT2D eigenvalue weighted by atomic mass is 9.99. The third kappa shape index (κ3) is 5.67. The molecule has 1 fully saturated rings. The van der Waals surface area contributed by atoms with Crippen molar-refractivity contribution in [2.75, 3.05) is 32.7 Å². The molecule has 1 atom stereocenters. The van der Waals surface area contributed by atoms with Crippen molar-refractivity contribution in [3.63, 3.8) is 0 Å². The molecule has 31 heavy (non-hydrogen) atoms. The molecule has 2 N–H and O–H groups in total. The normalized spacial score (nSPS) is 17.2. The summed E-state index contributed by atoms with van der Waals surface area (Å²) in [7, 11) is 0. The van der Waals surface area contributed by atoms with Crippen LogP contribution in [0.1, 0.15) is 48.6 Å². The fourth-order valence-corrected chi connectivity index (χ4v) is 4.50. The van der Waals surface area contributed by atoms with Crippen LogP contribution in [0.4, 0.5) is 4.79 Å². The lowest BCUT2D eigenvalue weighted by molar-refractivity contribution is -0.132. The van der Waals surface area contributed by atoms with Gasteiger partial charge in [-0.2, -0.15) is 0 Å². The van der Waals surface area contributed by atoms with Crippen LogP contribution in [0.3, 0.4) is 0 Å². The minimum Gasteiger partial charge on any atom is -0.468 e. The summed E-state index contributed by atoms with van der Waals surface area (Å²) < 4.78 is 5.59. The summed E-state index contributed by atoms with van der Waals surface area (Å²) in [5.41, 5.74) is 2.58. The lowest BCUT2D eigenvalue weighted by Crippen LogP contribution is -2.42. The SMILES string of the molecule is O=C(NCCCC(=O)N1CCc2ccccc2C1)NCC(c1ccco1)N1CCCC1. The molecule has 0 aliphatic carbocycles. The Hall–Kier alpha value is -2.80. The van der Waals surface area contributed by atoms with E-state index in [-0.39, 0.29) is 18.0 Å². The Morgan fingerprint density at radius 3 is 2.58 bits per heavy atom. The highest BCUT2D eigenvalue weighted by Crippen LogP contribution is 2.24. The minimum atomic E-state index is -0.199. The van der Waals surface area contributed by atoms with E-state index in [0.29, 0.717) is 32.5 Å². The zero-order valence-corrected chi connectivity index (χ0v) is 18.0. The number of fused-ring (bicyclic) bond motifs is 1. The number of urea groups is 1. The van der Waals surface area contributed by atoms with E-state index in [1.165, 1.54) is 24.0 Å². The van der Waals surface area contributed by atoms with Gasteiger partial charge in [-0.15, -0.1) is 0 Å². The van der Waals surface area contributed by atoms with E-state index in [1.54, 1.807) is 6.26 Å². The largest absolute Gasteiger partial charge is 0.468 e. The van der Waals surface area contributed by atoms with Crippen LogP contribution < -0.4 is 10.6 Å². The van der Waals surface area contributed by atoms with Gasteiger partial charge < -0.3 is 20.0 Å². The van der Waals surface area contributed by atoms with Crippen LogP contribution in [0.25, 0.3) is 0 Å². The smallest absolute Gasteiger partial charge is 0.314 e. The molecule has 1 aromatic heterocycles. The maximum atomic E-state index is 12.5. The third-order valence-corrected chi connectivity index (χ3v) is 6.25. The molecule has 2 aromatic rings. The van der Waals surface area contributed by atoms with Crippen molar-refractivity contribution in [2.45, 2.75) is 44.7 Å². The fraction of sp³-hybridized carbons (Fsp3) is 0.500. The van der Waals surface area contributed by atoms with Gasteiger partial charge in [0.25, 0.3) is 0 Å². The highest BCUT2D eigenvalue weighted by atomic mass is 16.3. The number of nitrogens with zero attached hydrogens (tertiary/aromatic N) is 2. The van der Waals surface area contributed by atoms with Crippen molar-refractivity contribution in [1.29, 1.82) is 0 Å². The first-order valence-electron chi connectivity index (χ1n) is 11.3. The quantitative estimate of drug-likeness (QED) is 0.639. The highest BCUT2D eigenvalue weighted by molar-refractivity contribution is 5.77. The molecular weight excluding hydrogens is 392 g/mol. The van der Waals surface area contributed by atoms with E-state index in [2.05, 4.69) is 33.7 Å². The zero-order valence-electron chi connectivity index (χ0n) is 18.0. The molecule has 0 bridgehead atoms. The van der Waals surface area contributed by atoms with E-state index >= 15 is 0 Å². The molecule has 0 spiro atoms. The van der Waals surface area contributed by atoms with Gasteiger partial charge in [0.05, 0.1) is 12.3 Å². The van der Waals surface area contributed by atoms with Crippen LogP contribution in [-0.4, -0.2) is 54.5 Å². The van der Waals surface area contributed by atoms with Crippen LogP contribution in [0.2, 0.25) is 0 Å². The first kappa shape index (κ1) is 21.4. The second kappa shape index (κ2) is 10.5. The van der Waals surface area contributed by atoms with Crippen molar-refractivity contribution >= 4 is 11.9 Å². The Morgan fingerprint density at radius 2 is 1.81 bits per heavy atom. The van der Waals surface area contributed by atoms with Gasteiger partial charge in [-0.25, -0.2) is 4.79 Å². The number of furan rings is 1. The molecule has 7 heteroatoms. The number of rotatable bonds is 8. The van der Waals surface area contributed by atoms with Crippen LogP contribution in [0.5, 0.6) is 0 Å². The van der Waals surface area contributed by atoms with Crippen LogP contribution in [0.15, 0.2) is 47.1 Å². The van der Waals surface area contributed by atoms with Crippen LogP contribution in [-0.2, 0) is 17.8 Å². The van der Waals surface area contributed by atoms with Gasteiger partial charge in [0.15, 0.2) is 0 Å². The van der Waals surface area contributed by atoms with Gasteiger partial charge in [0, 0.05) is 32.6 Å². The van der Waals surface area contributed by atoms with Crippen molar-refractivity contribution in [1.82, 2.24) is 20.4 Å². The van der Waals surface area contributed by atoms with E-state index in [1.807, 2.05) is 23.1 Å². The Kier molecular flexibility index (Phi) is 7.25. The number of carbonyl (C=O) groups excluding carboxylic acids is 2. The first-order chi connectivity index (χ1) is 15.2. The molecule has 3 amide bonds. The monoisotopic (exact) mass is 424 g/mol. The Bertz CT molecular complexity index is 861. The van der Waals surface area contributed by atoms with Gasteiger partial charge in [0.1, 0.15) is 5.76 Å². The number of nitrogens with one attached hydrogen (secondary N) is 2. The standard InChI is InChI=1S/C24H32N4O3/c29-23(28-15-11-19-7-1-2-8-20(19)18-28)10-5-12-25-24(30)26-17-21(22-9-6-16-31-22)27-13-3-4-14-27/h1-2,6-9,16,21H,3-5,10-15,17-18H2,(H2,25,26,30). The average Bonchev–Trinajstić information content (AvgIpc) is 3.51. The summed E-state index contributed by atoms with van der Waals surface area (Å²) in [6, 6.07) is 12.0. The van der Waals surface area contributed by atoms with E-state index in [9.17, 15) is 9.59 Å². The Labute approximate surface area is 183 Å². The van der Waals surface area contributed by atoms with Crippen LogP contribution >= 0.6 is 0 Å². The molecule has 1 saturated heterocycles. The molecule has 1 unspecified atom stereocenters. The lowest BCUT2D eigenvalue weighted by Gasteiger charge is -2.29. The van der Waals surface area contributed by atoms with E-state index in [0.717, 1.165) is 31.8 Å². The number of hydrogen-bond acceptors (Lipinski definition) is 4. The maximum absolute atomic E-state index is 12.5. The number of likely N-dealkylation sites (tertiary alicyclic amines) is 1. The molecule has 166 valence electrons. The van der Waals surface area contributed by atoms with Crippen molar-refractivity contribution in [2.24, 2.45) is 0 Å². The molecule has 3 heterocycles. The van der Waals surface area contributed by atoms with Gasteiger partial charge >= 0.3 is 6.03 Å². The molecule has 2 aliphatic rings. The van der Waals surface area contributed by atoms with E-state index < -0.39 is 0 Å². The van der Waals surface area contributed by atoms with E-state index in [4.69, 9.17) is 4.42 Å². The van der Waals surface area contributed by atoms with Gasteiger partial charge in [-0.3, -0.25) is 9.69 Å². The summed E-state index contributed by atoms with van der Waals surface area (Å²) in [5.74, 6) is 1.04. The predicted octanol–water partition coefficient (Wildman–Crippen LogP) is 3.08. The number of carbonyl (C=O) groups is 2. The summed E-state index contributed by atoms with van der Waals surface area (Å²) in [5, 5.41) is 5.84. The predicted molar refractivity (Wildman–Crippen MR) is 118 cm³/mol. The zero-order chi connectivity index (χ0) is 21.5. The minimum absolute atomic E-state index is 0.0619. The summed E-state index contributed by atoms with van der Waals surface area (Å²) >= 11 is 0. The molecule has 0 saturated carbocycles. The molecule has 7 nitrogen and oxygen atoms in total. The Balaban J connectivity index is 1.15. The van der Waals surface area contributed by atoms with Crippen molar-refractivity contribution < 1.29 is 14.0 Å². The third-order valence-electron chi connectivity index (χ3n) is 6.25. The number of hydrogen-bond donors (Lipinski definition) is 2. The average molecular weight is 425 g/mol.